The molecule has 0 amide bonds. The van der Waals surface area contributed by atoms with Crippen LogP contribution in [0.1, 0.15) is 64.7 Å². The van der Waals surface area contributed by atoms with E-state index in [0.29, 0.717) is 25.7 Å². The van der Waals surface area contributed by atoms with E-state index in [4.69, 9.17) is 9.84 Å². The monoisotopic (exact) mass is 370 g/mol. The Kier molecular flexibility index (Phi) is 11.4. The number of unbranched alkanes of at least 4 members (excludes halogenated alkanes) is 3. The van der Waals surface area contributed by atoms with Gasteiger partial charge in [0.25, 0.3) is 0 Å². The molecule has 0 aromatic heterocycles. The van der Waals surface area contributed by atoms with Gasteiger partial charge in [-0.15, -0.1) is 0 Å². The van der Waals surface area contributed by atoms with E-state index in [1.165, 1.54) is 12.2 Å². The molecular formula is C20H34O6. The molecule has 0 bridgehead atoms. The Morgan fingerprint density at radius 3 is 2.65 bits per heavy atom. The van der Waals surface area contributed by atoms with Gasteiger partial charge >= 0.3 is 5.97 Å². The lowest BCUT2D eigenvalue weighted by Gasteiger charge is -2.17. The molecule has 0 unspecified atom stereocenters. The van der Waals surface area contributed by atoms with E-state index in [1.54, 1.807) is 0 Å². The van der Waals surface area contributed by atoms with Gasteiger partial charge in [-0.25, -0.2) is 0 Å². The highest BCUT2D eigenvalue weighted by Crippen LogP contribution is 2.27. The smallest absolute Gasteiger partial charge is 0.303 e. The van der Waals surface area contributed by atoms with Crippen molar-refractivity contribution in [1.82, 2.24) is 0 Å². The summed E-state index contributed by atoms with van der Waals surface area (Å²) in [6.07, 6.45) is 10.2. The van der Waals surface area contributed by atoms with Crippen LogP contribution in [0.15, 0.2) is 24.3 Å². The number of aliphatic carboxylic acids is 1. The van der Waals surface area contributed by atoms with Gasteiger partial charge in [0.1, 0.15) is 0 Å². The standard InChI is InChI=1S/C20H34O6/c1-2-3-6-10-18-17(23)14-19(26-18)16(22)13-12-15(21)9-7-4-5-8-11-20(24)25/h4,7,12-13,15-19,21-23H,2-3,5-6,8-11,14H2,1H3,(H,24,25)/b7-4-,13-12-/t15-,16-,17+,18-,19+/m0/s1. The number of hydrogen-bond donors (Lipinski definition) is 4. The first-order valence-electron chi connectivity index (χ1n) is 9.68. The fourth-order valence-electron chi connectivity index (χ4n) is 3.01. The molecule has 1 aliphatic heterocycles. The van der Waals surface area contributed by atoms with E-state index < -0.39 is 30.4 Å². The Morgan fingerprint density at radius 1 is 1.19 bits per heavy atom. The third-order valence-corrected chi connectivity index (χ3v) is 4.56. The summed E-state index contributed by atoms with van der Waals surface area (Å²) in [4.78, 5) is 10.4. The Labute approximate surface area is 156 Å². The van der Waals surface area contributed by atoms with Crippen molar-refractivity contribution < 1.29 is 30.0 Å². The summed E-state index contributed by atoms with van der Waals surface area (Å²) in [7, 11) is 0. The molecular weight excluding hydrogens is 336 g/mol. The minimum Gasteiger partial charge on any atom is -0.481 e. The van der Waals surface area contributed by atoms with Crippen LogP contribution < -0.4 is 0 Å². The van der Waals surface area contributed by atoms with Gasteiger partial charge in [0.15, 0.2) is 0 Å². The second-order valence-electron chi connectivity index (χ2n) is 6.95. The average Bonchev–Trinajstić information content (AvgIpc) is 2.97. The molecule has 150 valence electrons. The average molecular weight is 370 g/mol. The fourth-order valence-corrected chi connectivity index (χ4v) is 3.01. The molecule has 26 heavy (non-hydrogen) atoms. The molecule has 0 radical (unpaired) electrons. The maximum absolute atomic E-state index is 10.4. The summed E-state index contributed by atoms with van der Waals surface area (Å²) >= 11 is 0. The molecule has 6 nitrogen and oxygen atoms in total. The second-order valence-corrected chi connectivity index (χ2v) is 6.95. The molecule has 0 aromatic carbocycles. The van der Waals surface area contributed by atoms with E-state index in [1.807, 2.05) is 12.2 Å². The van der Waals surface area contributed by atoms with Crippen molar-refractivity contribution in [2.45, 2.75) is 95.2 Å². The normalized spacial score (nSPS) is 25.9. The summed E-state index contributed by atoms with van der Waals surface area (Å²) in [5.41, 5.74) is 0. The molecule has 1 rings (SSSR count). The quantitative estimate of drug-likeness (QED) is 0.293. The van der Waals surface area contributed by atoms with Crippen molar-refractivity contribution in [2.24, 2.45) is 0 Å². The van der Waals surface area contributed by atoms with E-state index in [9.17, 15) is 20.1 Å². The molecule has 1 saturated heterocycles. The second kappa shape index (κ2) is 13.0. The molecule has 6 heteroatoms. The zero-order valence-corrected chi connectivity index (χ0v) is 15.7. The summed E-state index contributed by atoms with van der Waals surface area (Å²) < 4.78 is 5.76. The van der Waals surface area contributed by atoms with Crippen LogP contribution in [0, 0.1) is 0 Å². The van der Waals surface area contributed by atoms with Crippen LogP contribution in [-0.2, 0) is 9.53 Å². The molecule has 0 saturated carbocycles. The van der Waals surface area contributed by atoms with Crippen LogP contribution >= 0.6 is 0 Å². The van der Waals surface area contributed by atoms with E-state index in [2.05, 4.69) is 6.92 Å². The van der Waals surface area contributed by atoms with Gasteiger partial charge in [0, 0.05) is 12.8 Å². The van der Waals surface area contributed by atoms with E-state index >= 15 is 0 Å². The number of carboxylic acid groups (broad SMARTS) is 1. The number of carboxylic acids is 1. The molecule has 0 aliphatic carbocycles. The minimum atomic E-state index is -0.852. The molecule has 5 atom stereocenters. The maximum atomic E-state index is 10.4. The third kappa shape index (κ3) is 9.48. The largest absolute Gasteiger partial charge is 0.481 e. The summed E-state index contributed by atoms with van der Waals surface area (Å²) in [6, 6.07) is 0. The molecule has 1 heterocycles. The number of allylic oxidation sites excluding steroid dienone is 1. The minimum absolute atomic E-state index is 0.145. The van der Waals surface area contributed by atoms with Crippen LogP contribution in [0.3, 0.4) is 0 Å². The number of ether oxygens (including phenoxy) is 1. The van der Waals surface area contributed by atoms with Gasteiger partial charge in [-0.3, -0.25) is 4.79 Å². The third-order valence-electron chi connectivity index (χ3n) is 4.56. The van der Waals surface area contributed by atoms with Crippen LogP contribution in [-0.4, -0.2) is 56.9 Å². The number of aliphatic hydroxyl groups excluding tert-OH is 3. The van der Waals surface area contributed by atoms with Crippen molar-refractivity contribution in [3.63, 3.8) is 0 Å². The first-order chi connectivity index (χ1) is 12.4. The molecule has 0 spiro atoms. The van der Waals surface area contributed by atoms with Crippen molar-refractivity contribution in [2.75, 3.05) is 0 Å². The van der Waals surface area contributed by atoms with E-state index in [0.717, 1.165) is 25.7 Å². The highest BCUT2D eigenvalue weighted by molar-refractivity contribution is 5.66. The van der Waals surface area contributed by atoms with Crippen molar-refractivity contribution in [1.29, 1.82) is 0 Å². The fraction of sp³-hybridized carbons (Fsp3) is 0.750. The Hall–Kier alpha value is -1.21. The lowest BCUT2D eigenvalue weighted by molar-refractivity contribution is -0.137. The highest BCUT2D eigenvalue weighted by atomic mass is 16.5. The van der Waals surface area contributed by atoms with Crippen molar-refractivity contribution >= 4 is 5.97 Å². The predicted molar refractivity (Wildman–Crippen MR) is 99.8 cm³/mol. The van der Waals surface area contributed by atoms with Crippen molar-refractivity contribution in [3.05, 3.63) is 24.3 Å². The van der Waals surface area contributed by atoms with Gasteiger partial charge in [-0.05, 0) is 25.7 Å². The Bertz CT molecular complexity index is 448. The zero-order chi connectivity index (χ0) is 19.4. The first-order valence-corrected chi connectivity index (χ1v) is 9.68. The number of aliphatic hydroxyl groups is 3. The Morgan fingerprint density at radius 2 is 1.96 bits per heavy atom. The van der Waals surface area contributed by atoms with Crippen LogP contribution in [0.2, 0.25) is 0 Å². The summed E-state index contributed by atoms with van der Waals surface area (Å²) in [5.74, 6) is -0.804. The number of carbonyl (C=O) groups is 1. The maximum Gasteiger partial charge on any atom is 0.303 e. The lowest BCUT2D eigenvalue weighted by Crippen LogP contribution is -2.25. The highest BCUT2D eigenvalue weighted by Gasteiger charge is 2.36. The summed E-state index contributed by atoms with van der Waals surface area (Å²) in [5, 5.41) is 38.7. The molecule has 0 aromatic rings. The Balaban J connectivity index is 2.27. The van der Waals surface area contributed by atoms with Gasteiger partial charge < -0.3 is 25.2 Å². The van der Waals surface area contributed by atoms with Gasteiger partial charge in [-0.2, -0.15) is 0 Å². The lowest BCUT2D eigenvalue weighted by atomic mass is 10.0. The first kappa shape index (κ1) is 22.8. The SMILES string of the molecule is CCCCC[C@@H]1O[C@@H]([C@@H](O)/C=C\[C@@H](O)C/C=C\CCCC(=O)O)C[C@H]1O. The van der Waals surface area contributed by atoms with Crippen LogP contribution in [0.5, 0.6) is 0 Å². The van der Waals surface area contributed by atoms with Crippen LogP contribution in [0.4, 0.5) is 0 Å². The van der Waals surface area contributed by atoms with Crippen molar-refractivity contribution in [3.8, 4) is 0 Å². The van der Waals surface area contributed by atoms with Gasteiger partial charge in [0.2, 0.25) is 0 Å². The molecule has 1 fully saturated rings. The van der Waals surface area contributed by atoms with Gasteiger partial charge in [-0.1, -0.05) is 50.5 Å². The topological polar surface area (TPSA) is 107 Å². The zero-order valence-electron chi connectivity index (χ0n) is 15.7. The number of rotatable bonds is 13. The molecule has 1 aliphatic rings. The number of hydrogen-bond acceptors (Lipinski definition) is 5. The van der Waals surface area contributed by atoms with Gasteiger partial charge in [0.05, 0.1) is 30.5 Å². The molecule has 4 N–H and O–H groups in total. The predicted octanol–water partition coefficient (Wildman–Crippen LogP) is 2.56. The van der Waals surface area contributed by atoms with E-state index in [-0.39, 0.29) is 12.5 Å². The van der Waals surface area contributed by atoms with Crippen LogP contribution in [0.25, 0.3) is 0 Å². The summed E-state index contributed by atoms with van der Waals surface area (Å²) in [6.45, 7) is 2.12.